The summed E-state index contributed by atoms with van der Waals surface area (Å²) in [6, 6.07) is 5.83. The summed E-state index contributed by atoms with van der Waals surface area (Å²) < 4.78 is 5.55. The molecule has 4 heterocycles. The van der Waals surface area contributed by atoms with E-state index in [0.29, 0.717) is 29.0 Å². The van der Waals surface area contributed by atoms with Crippen LogP contribution >= 0.6 is 0 Å². The molecule has 1 unspecified atom stereocenters. The number of oxazole rings is 1. The Morgan fingerprint density at radius 3 is 2.87 bits per heavy atom. The number of amides is 1. The summed E-state index contributed by atoms with van der Waals surface area (Å²) >= 11 is 0. The third-order valence-corrected chi connectivity index (χ3v) is 6.03. The van der Waals surface area contributed by atoms with E-state index in [2.05, 4.69) is 15.2 Å². The van der Waals surface area contributed by atoms with Crippen LogP contribution in [-0.2, 0) is 0 Å². The van der Waals surface area contributed by atoms with Crippen LogP contribution in [-0.4, -0.2) is 40.5 Å². The quantitative estimate of drug-likeness (QED) is 0.926. The number of nitrogens with one attached hydrogen (secondary N) is 1. The summed E-state index contributed by atoms with van der Waals surface area (Å²) in [5.41, 5.74) is 2.43. The largest absolute Gasteiger partial charge is 0.441 e. The van der Waals surface area contributed by atoms with Crippen LogP contribution in [0.5, 0.6) is 0 Å². The second-order valence-electron chi connectivity index (χ2n) is 7.29. The van der Waals surface area contributed by atoms with Crippen molar-refractivity contribution in [3.8, 4) is 0 Å². The summed E-state index contributed by atoms with van der Waals surface area (Å²) in [4.78, 5) is 19.7. The second-order valence-corrected chi connectivity index (χ2v) is 7.29. The average molecular weight is 311 g/mol. The van der Waals surface area contributed by atoms with E-state index in [4.69, 9.17) is 4.42 Å². The van der Waals surface area contributed by atoms with Crippen molar-refractivity contribution in [2.45, 2.75) is 44.2 Å². The van der Waals surface area contributed by atoms with Gasteiger partial charge in [0.05, 0.1) is 6.04 Å². The molecule has 1 aliphatic carbocycles. The molecule has 2 aromatic rings. The van der Waals surface area contributed by atoms with Gasteiger partial charge in [-0.15, -0.1) is 0 Å². The highest BCUT2D eigenvalue weighted by atomic mass is 16.3. The zero-order valence-electron chi connectivity index (χ0n) is 13.3. The number of carbonyl (C=O) groups excluding carboxylic acids is 1. The number of carbonyl (C=O) groups is 1. The van der Waals surface area contributed by atoms with Gasteiger partial charge in [-0.1, -0.05) is 0 Å². The SMILES string of the molecule is Cc1nc2ccc(C(=O)NC3C4CCN(CC4)C34CC4)cc2o1. The summed E-state index contributed by atoms with van der Waals surface area (Å²) in [7, 11) is 0. The lowest BCUT2D eigenvalue weighted by Gasteiger charge is -2.52. The third kappa shape index (κ3) is 1.96. The first kappa shape index (κ1) is 13.5. The van der Waals surface area contributed by atoms with Gasteiger partial charge in [0.1, 0.15) is 5.52 Å². The van der Waals surface area contributed by atoms with Gasteiger partial charge in [0.15, 0.2) is 11.5 Å². The Labute approximate surface area is 135 Å². The van der Waals surface area contributed by atoms with Crippen LogP contribution in [0.1, 0.15) is 41.9 Å². The van der Waals surface area contributed by atoms with Crippen molar-refractivity contribution >= 4 is 17.0 Å². The molecule has 5 nitrogen and oxygen atoms in total. The fourth-order valence-electron chi connectivity index (χ4n) is 4.73. The Bertz CT molecular complexity index is 785. The van der Waals surface area contributed by atoms with Crippen LogP contribution in [0.15, 0.2) is 22.6 Å². The number of hydrogen-bond acceptors (Lipinski definition) is 4. The van der Waals surface area contributed by atoms with E-state index >= 15 is 0 Å². The first-order valence-electron chi connectivity index (χ1n) is 8.59. The molecule has 4 aliphatic rings. The molecule has 2 bridgehead atoms. The van der Waals surface area contributed by atoms with Crippen LogP contribution in [0.3, 0.4) is 0 Å². The molecule has 1 N–H and O–H groups in total. The summed E-state index contributed by atoms with van der Waals surface area (Å²) in [6.45, 7) is 4.24. The highest BCUT2D eigenvalue weighted by Crippen LogP contribution is 2.53. The molecular formula is C18H21N3O2. The van der Waals surface area contributed by atoms with Crippen molar-refractivity contribution in [3.05, 3.63) is 29.7 Å². The van der Waals surface area contributed by atoms with Gasteiger partial charge in [-0.25, -0.2) is 4.98 Å². The molecule has 0 radical (unpaired) electrons. The van der Waals surface area contributed by atoms with Gasteiger partial charge < -0.3 is 9.73 Å². The minimum absolute atomic E-state index is 0.0194. The van der Waals surface area contributed by atoms with Crippen LogP contribution in [0, 0.1) is 12.8 Å². The minimum Gasteiger partial charge on any atom is -0.441 e. The standard InChI is InChI=1S/C18H21N3O2/c1-11-19-14-3-2-13(10-15(14)23-11)17(22)20-16-12-4-8-21(9-5-12)18(16)6-7-18/h2-3,10,12,16H,4-9H2,1H3,(H,20,22). The molecule has 1 aromatic heterocycles. The molecule has 1 saturated carbocycles. The molecule has 1 spiro atoms. The molecule has 23 heavy (non-hydrogen) atoms. The first-order valence-corrected chi connectivity index (χ1v) is 8.59. The van der Waals surface area contributed by atoms with Crippen molar-refractivity contribution in [2.75, 3.05) is 13.1 Å². The van der Waals surface area contributed by atoms with Crippen molar-refractivity contribution in [1.29, 1.82) is 0 Å². The molecule has 1 aromatic carbocycles. The number of rotatable bonds is 2. The van der Waals surface area contributed by atoms with Gasteiger partial charge in [-0.3, -0.25) is 9.69 Å². The van der Waals surface area contributed by atoms with Crippen molar-refractivity contribution < 1.29 is 9.21 Å². The third-order valence-electron chi connectivity index (χ3n) is 6.03. The van der Waals surface area contributed by atoms with Crippen molar-refractivity contribution in [1.82, 2.24) is 15.2 Å². The number of aryl methyl sites for hydroxylation is 1. The van der Waals surface area contributed by atoms with Gasteiger partial charge in [0.2, 0.25) is 0 Å². The predicted molar refractivity (Wildman–Crippen MR) is 86.3 cm³/mol. The van der Waals surface area contributed by atoms with Gasteiger partial charge in [-0.05, 0) is 62.9 Å². The molecule has 120 valence electrons. The summed E-state index contributed by atoms with van der Waals surface area (Å²) in [5, 5.41) is 3.35. The average Bonchev–Trinajstić information content (AvgIpc) is 3.24. The fraction of sp³-hybridized carbons (Fsp3) is 0.556. The van der Waals surface area contributed by atoms with Crippen LogP contribution in [0.4, 0.5) is 0 Å². The van der Waals surface area contributed by atoms with Gasteiger partial charge in [-0.2, -0.15) is 0 Å². The predicted octanol–water partition coefficient (Wildman–Crippen LogP) is 2.49. The molecule has 3 saturated heterocycles. The number of nitrogens with zero attached hydrogens (tertiary/aromatic N) is 2. The summed E-state index contributed by atoms with van der Waals surface area (Å²) in [5.74, 6) is 1.29. The lowest BCUT2D eigenvalue weighted by molar-refractivity contribution is -0.00144. The molecular weight excluding hydrogens is 290 g/mol. The number of aromatic nitrogens is 1. The maximum absolute atomic E-state index is 12.8. The topological polar surface area (TPSA) is 58.4 Å². The monoisotopic (exact) mass is 311 g/mol. The number of hydrogen-bond donors (Lipinski definition) is 1. The molecule has 4 fully saturated rings. The highest BCUT2D eigenvalue weighted by Gasteiger charge is 2.60. The molecule has 3 aliphatic heterocycles. The fourth-order valence-corrected chi connectivity index (χ4v) is 4.73. The Hall–Kier alpha value is -1.88. The highest BCUT2D eigenvalue weighted by molar-refractivity contribution is 5.97. The Balaban J connectivity index is 1.42. The van der Waals surface area contributed by atoms with E-state index < -0.39 is 0 Å². The van der Waals surface area contributed by atoms with E-state index in [1.165, 1.54) is 38.8 Å². The van der Waals surface area contributed by atoms with Crippen LogP contribution in [0.2, 0.25) is 0 Å². The Morgan fingerprint density at radius 1 is 1.35 bits per heavy atom. The van der Waals surface area contributed by atoms with Crippen molar-refractivity contribution in [3.63, 3.8) is 0 Å². The molecule has 1 amide bonds. The molecule has 5 heteroatoms. The van der Waals surface area contributed by atoms with E-state index in [0.717, 1.165) is 5.52 Å². The van der Waals surface area contributed by atoms with Crippen molar-refractivity contribution in [2.24, 2.45) is 5.92 Å². The zero-order valence-corrected chi connectivity index (χ0v) is 13.3. The van der Waals surface area contributed by atoms with Gasteiger partial charge in [0, 0.05) is 18.0 Å². The van der Waals surface area contributed by atoms with Crippen LogP contribution in [0.25, 0.3) is 11.1 Å². The van der Waals surface area contributed by atoms with E-state index in [9.17, 15) is 4.79 Å². The van der Waals surface area contributed by atoms with Gasteiger partial charge in [0.25, 0.3) is 5.91 Å². The molecule has 6 rings (SSSR count). The second kappa shape index (κ2) is 4.57. The van der Waals surface area contributed by atoms with E-state index in [1.54, 1.807) is 0 Å². The van der Waals surface area contributed by atoms with E-state index in [1.807, 2.05) is 25.1 Å². The first-order chi connectivity index (χ1) is 11.2. The van der Waals surface area contributed by atoms with E-state index in [-0.39, 0.29) is 11.4 Å². The number of fused-ring (bicyclic) bond motifs is 3. The Morgan fingerprint density at radius 2 is 2.13 bits per heavy atom. The summed E-state index contributed by atoms with van der Waals surface area (Å²) in [6.07, 6.45) is 4.89. The molecule has 1 atom stereocenters. The zero-order chi connectivity index (χ0) is 15.6. The number of benzene rings is 1. The Kier molecular flexibility index (Phi) is 2.69. The minimum atomic E-state index is 0.0194. The maximum Gasteiger partial charge on any atom is 0.251 e. The van der Waals surface area contributed by atoms with Gasteiger partial charge >= 0.3 is 0 Å². The smallest absolute Gasteiger partial charge is 0.251 e. The lowest BCUT2D eigenvalue weighted by Crippen LogP contribution is -2.65. The van der Waals surface area contributed by atoms with Crippen LogP contribution < -0.4 is 5.32 Å². The number of piperidine rings is 3. The normalized spacial score (nSPS) is 30.7. The maximum atomic E-state index is 12.8. The lowest BCUT2D eigenvalue weighted by atomic mass is 9.77.